The van der Waals surface area contributed by atoms with Gasteiger partial charge in [-0.05, 0) is 12.5 Å². The molecule has 2 rings (SSSR count). The van der Waals surface area contributed by atoms with Gasteiger partial charge in [-0.3, -0.25) is 10.1 Å². The molecule has 88 valence electrons. The third kappa shape index (κ3) is 2.72. The van der Waals surface area contributed by atoms with Gasteiger partial charge >= 0.3 is 0 Å². The average molecular weight is 228 g/mol. The Morgan fingerprint density at radius 1 is 1.35 bits per heavy atom. The molecule has 0 aliphatic carbocycles. The first-order chi connectivity index (χ1) is 8.16. The SMILES string of the molecule is CC(CC(=N)N)n1cc(-c2ccccc2)cn1. The summed E-state index contributed by atoms with van der Waals surface area (Å²) < 4.78 is 1.85. The highest BCUT2D eigenvalue weighted by atomic mass is 15.3. The van der Waals surface area contributed by atoms with E-state index in [1.807, 2.05) is 42.2 Å². The van der Waals surface area contributed by atoms with Crippen LogP contribution in [0.5, 0.6) is 0 Å². The maximum absolute atomic E-state index is 7.28. The molecule has 4 heteroatoms. The number of nitrogens with two attached hydrogens (primary N) is 1. The zero-order valence-electron chi connectivity index (χ0n) is 9.80. The van der Waals surface area contributed by atoms with Crippen LogP contribution in [-0.2, 0) is 0 Å². The highest BCUT2D eigenvalue weighted by Crippen LogP contribution is 2.20. The molecule has 0 aliphatic rings. The van der Waals surface area contributed by atoms with Crippen molar-refractivity contribution in [2.24, 2.45) is 5.73 Å². The van der Waals surface area contributed by atoms with E-state index < -0.39 is 0 Å². The van der Waals surface area contributed by atoms with Crippen molar-refractivity contribution in [3.05, 3.63) is 42.7 Å². The van der Waals surface area contributed by atoms with E-state index >= 15 is 0 Å². The molecule has 0 amide bonds. The number of nitrogens with one attached hydrogen (secondary N) is 1. The van der Waals surface area contributed by atoms with E-state index in [-0.39, 0.29) is 11.9 Å². The summed E-state index contributed by atoms with van der Waals surface area (Å²) in [6, 6.07) is 10.2. The molecule has 4 nitrogen and oxygen atoms in total. The summed E-state index contributed by atoms with van der Waals surface area (Å²) >= 11 is 0. The molecule has 0 saturated heterocycles. The van der Waals surface area contributed by atoms with Crippen LogP contribution in [0.4, 0.5) is 0 Å². The lowest BCUT2D eigenvalue weighted by atomic mass is 10.1. The Bertz CT molecular complexity index is 501. The molecule has 1 unspecified atom stereocenters. The summed E-state index contributed by atoms with van der Waals surface area (Å²) in [5.74, 6) is 0.189. The second-order valence-electron chi connectivity index (χ2n) is 4.15. The molecule has 17 heavy (non-hydrogen) atoms. The first-order valence-electron chi connectivity index (χ1n) is 5.59. The summed E-state index contributed by atoms with van der Waals surface area (Å²) in [4.78, 5) is 0. The predicted molar refractivity (Wildman–Crippen MR) is 68.9 cm³/mol. The lowest BCUT2D eigenvalue weighted by Crippen LogP contribution is -2.16. The van der Waals surface area contributed by atoms with Crippen LogP contribution in [0.25, 0.3) is 11.1 Å². The third-order valence-electron chi connectivity index (χ3n) is 2.68. The summed E-state index contributed by atoms with van der Waals surface area (Å²) in [6.07, 6.45) is 4.35. The number of nitrogens with zero attached hydrogens (tertiary/aromatic N) is 2. The average Bonchev–Trinajstić information content (AvgIpc) is 2.78. The number of amidine groups is 1. The zero-order chi connectivity index (χ0) is 12.3. The van der Waals surface area contributed by atoms with Crippen molar-refractivity contribution in [3.8, 4) is 11.1 Å². The molecule has 1 aromatic carbocycles. The van der Waals surface area contributed by atoms with Crippen LogP contribution in [0.2, 0.25) is 0 Å². The van der Waals surface area contributed by atoms with Crippen molar-refractivity contribution < 1.29 is 0 Å². The van der Waals surface area contributed by atoms with Gasteiger partial charge in [0.25, 0.3) is 0 Å². The van der Waals surface area contributed by atoms with E-state index in [0.29, 0.717) is 6.42 Å². The van der Waals surface area contributed by atoms with Gasteiger partial charge in [0.05, 0.1) is 18.1 Å². The summed E-state index contributed by atoms with van der Waals surface area (Å²) in [5.41, 5.74) is 7.62. The smallest absolute Gasteiger partial charge is 0.0926 e. The molecular formula is C13H16N4. The molecule has 0 fully saturated rings. The van der Waals surface area contributed by atoms with Crippen molar-refractivity contribution in [3.63, 3.8) is 0 Å². The Labute approximate surface area is 101 Å². The third-order valence-corrected chi connectivity index (χ3v) is 2.68. The van der Waals surface area contributed by atoms with Gasteiger partial charge in [0.1, 0.15) is 0 Å². The van der Waals surface area contributed by atoms with Gasteiger partial charge in [0.15, 0.2) is 0 Å². The van der Waals surface area contributed by atoms with Gasteiger partial charge in [-0.25, -0.2) is 0 Å². The molecule has 1 aromatic heterocycles. The van der Waals surface area contributed by atoms with Gasteiger partial charge in [-0.2, -0.15) is 5.10 Å². The second kappa shape index (κ2) is 4.82. The van der Waals surface area contributed by atoms with Crippen LogP contribution in [0.1, 0.15) is 19.4 Å². The summed E-state index contributed by atoms with van der Waals surface area (Å²) in [5, 5.41) is 11.6. The van der Waals surface area contributed by atoms with E-state index in [4.69, 9.17) is 11.1 Å². The minimum Gasteiger partial charge on any atom is -0.388 e. The first-order valence-corrected chi connectivity index (χ1v) is 5.59. The van der Waals surface area contributed by atoms with Gasteiger partial charge in [-0.15, -0.1) is 0 Å². The molecule has 2 aromatic rings. The van der Waals surface area contributed by atoms with E-state index in [1.54, 1.807) is 0 Å². The number of hydrogen-bond donors (Lipinski definition) is 2. The minimum absolute atomic E-state index is 0.116. The van der Waals surface area contributed by atoms with E-state index in [1.165, 1.54) is 0 Å². The topological polar surface area (TPSA) is 67.7 Å². The van der Waals surface area contributed by atoms with Crippen molar-refractivity contribution in [2.45, 2.75) is 19.4 Å². The maximum atomic E-state index is 7.28. The summed E-state index contributed by atoms with van der Waals surface area (Å²) in [6.45, 7) is 2.00. The highest BCUT2D eigenvalue weighted by molar-refractivity contribution is 5.77. The Morgan fingerprint density at radius 2 is 2.06 bits per heavy atom. The largest absolute Gasteiger partial charge is 0.388 e. The van der Waals surface area contributed by atoms with Crippen LogP contribution < -0.4 is 5.73 Å². The number of aromatic nitrogens is 2. The van der Waals surface area contributed by atoms with Crippen molar-refractivity contribution in [2.75, 3.05) is 0 Å². The lowest BCUT2D eigenvalue weighted by molar-refractivity contribution is 0.505. The Balaban J connectivity index is 2.19. The van der Waals surface area contributed by atoms with Gasteiger partial charge < -0.3 is 5.73 Å². The normalized spacial score (nSPS) is 12.3. The van der Waals surface area contributed by atoms with E-state index in [2.05, 4.69) is 17.2 Å². The minimum atomic E-state index is 0.116. The molecule has 1 heterocycles. The van der Waals surface area contributed by atoms with Crippen molar-refractivity contribution in [1.82, 2.24) is 9.78 Å². The molecule has 0 aliphatic heterocycles. The van der Waals surface area contributed by atoms with Crippen LogP contribution in [0.3, 0.4) is 0 Å². The molecule has 0 spiro atoms. The highest BCUT2D eigenvalue weighted by Gasteiger charge is 2.08. The van der Waals surface area contributed by atoms with Crippen LogP contribution in [-0.4, -0.2) is 15.6 Å². The van der Waals surface area contributed by atoms with Gasteiger partial charge in [-0.1, -0.05) is 30.3 Å². The lowest BCUT2D eigenvalue weighted by Gasteiger charge is -2.10. The molecule has 1 atom stereocenters. The quantitative estimate of drug-likeness (QED) is 0.623. The fourth-order valence-corrected chi connectivity index (χ4v) is 1.77. The second-order valence-corrected chi connectivity index (χ2v) is 4.15. The molecular weight excluding hydrogens is 212 g/mol. The maximum Gasteiger partial charge on any atom is 0.0926 e. The first kappa shape index (κ1) is 11.4. The van der Waals surface area contributed by atoms with Crippen LogP contribution in [0.15, 0.2) is 42.7 Å². The Kier molecular flexibility index (Phi) is 3.23. The monoisotopic (exact) mass is 228 g/mol. The molecule has 0 saturated carbocycles. The van der Waals surface area contributed by atoms with E-state index in [9.17, 15) is 0 Å². The molecule has 0 bridgehead atoms. The number of benzene rings is 1. The van der Waals surface area contributed by atoms with Crippen molar-refractivity contribution in [1.29, 1.82) is 5.41 Å². The summed E-state index contributed by atoms with van der Waals surface area (Å²) in [7, 11) is 0. The molecule has 3 N–H and O–H groups in total. The zero-order valence-corrected chi connectivity index (χ0v) is 9.80. The predicted octanol–water partition coefficient (Wildman–Crippen LogP) is 2.44. The number of rotatable bonds is 4. The Hall–Kier alpha value is -2.10. The van der Waals surface area contributed by atoms with E-state index in [0.717, 1.165) is 11.1 Å². The van der Waals surface area contributed by atoms with Gasteiger partial charge in [0, 0.05) is 18.2 Å². The Morgan fingerprint density at radius 3 is 2.71 bits per heavy atom. The molecule has 0 radical (unpaired) electrons. The number of hydrogen-bond acceptors (Lipinski definition) is 2. The standard InChI is InChI=1S/C13H16N4/c1-10(7-13(14)15)17-9-12(8-16-17)11-5-3-2-4-6-11/h2-6,8-10H,7H2,1H3,(H3,14,15). The van der Waals surface area contributed by atoms with Crippen molar-refractivity contribution >= 4 is 5.84 Å². The fraction of sp³-hybridized carbons (Fsp3) is 0.231. The fourth-order valence-electron chi connectivity index (χ4n) is 1.77. The van der Waals surface area contributed by atoms with Crippen LogP contribution in [0, 0.1) is 5.41 Å². The van der Waals surface area contributed by atoms with Crippen LogP contribution >= 0.6 is 0 Å². The van der Waals surface area contributed by atoms with Gasteiger partial charge in [0.2, 0.25) is 0 Å².